The van der Waals surface area contributed by atoms with Gasteiger partial charge in [-0.25, -0.2) is 0 Å². The average Bonchev–Trinajstić information content (AvgIpc) is 3.06. The molecule has 0 bridgehead atoms. The van der Waals surface area contributed by atoms with Gasteiger partial charge in [0.1, 0.15) is 0 Å². The van der Waals surface area contributed by atoms with Crippen LogP contribution in [0, 0.1) is 6.92 Å². The highest BCUT2D eigenvalue weighted by Crippen LogP contribution is 2.31. The van der Waals surface area contributed by atoms with E-state index in [0.29, 0.717) is 13.1 Å². The molecule has 2 rings (SSSR count). The van der Waals surface area contributed by atoms with E-state index in [4.69, 9.17) is 14.5 Å². The quantitative estimate of drug-likeness (QED) is 0.576. The maximum atomic E-state index is 10.6. The minimum absolute atomic E-state index is 0.449. The molecule has 0 unspecified atom stereocenters. The van der Waals surface area contributed by atoms with Gasteiger partial charge in [-0.15, -0.1) is 0 Å². The third kappa shape index (κ3) is 5.04. The monoisotopic (exact) mass is 363 g/mol. The second kappa shape index (κ2) is 9.12. The third-order valence-electron chi connectivity index (χ3n) is 5.00. The molecule has 0 aliphatic heterocycles. The van der Waals surface area contributed by atoms with Crippen LogP contribution >= 0.6 is 0 Å². The Morgan fingerprint density at radius 3 is 2.42 bits per heavy atom. The van der Waals surface area contributed by atoms with Crippen molar-refractivity contribution in [3.05, 3.63) is 23.3 Å². The first-order chi connectivity index (χ1) is 12.4. The van der Waals surface area contributed by atoms with Crippen molar-refractivity contribution >= 4 is 5.96 Å². The number of rotatable bonds is 7. The molecule has 0 amide bonds. The second-order valence-corrected chi connectivity index (χ2v) is 7.09. The Labute approximate surface area is 157 Å². The molecule has 1 fully saturated rings. The van der Waals surface area contributed by atoms with E-state index < -0.39 is 5.60 Å². The van der Waals surface area contributed by atoms with Crippen LogP contribution in [0.4, 0.5) is 0 Å². The lowest BCUT2D eigenvalue weighted by Crippen LogP contribution is -2.40. The van der Waals surface area contributed by atoms with Crippen LogP contribution in [0.3, 0.4) is 0 Å². The van der Waals surface area contributed by atoms with E-state index in [1.807, 2.05) is 19.2 Å². The fourth-order valence-electron chi connectivity index (χ4n) is 3.41. The van der Waals surface area contributed by atoms with E-state index in [-0.39, 0.29) is 0 Å². The molecule has 0 spiro atoms. The summed E-state index contributed by atoms with van der Waals surface area (Å²) in [5.41, 5.74) is 1.65. The molecule has 0 saturated heterocycles. The Hall–Kier alpha value is -1.95. The van der Waals surface area contributed by atoms with E-state index in [9.17, 15) is 5.11 Å². The fraction of sp³-hybridized carbons (Fsp3) is 0.650. The number of hydrogen-bond donors (Lipinski definition) is 2. The minimum atomic E-state index is -0.638. The highest BCUT2D eigenvalue weighted by Gasteiger charge is 2.31. The lowest BCUT2D eigenvalue weighted by Gasteiger charge is -2.26. The summed E-state index contributed by atoms with van der Waals surface area (Å²) in [6.07, 6.45) is 3.86. The molecule has 1 aromatic carbocycles. The fourth-order valence-corrected chi connectivity index (χ4v) is 3.41. The molecule has 0 aromatic heterocycles. The smallest absolute Gasteiger partial charge is 0.194 e. The first-order valence-corrected chi connectivity index (χ1v) is 9.35. The number of guanidine groups is 1. The number of nitrogens with zero attached hydrogens (tertiary/aromatic N) is 2. The van der Waals surface area contributed by atoms with Crippen LogP contribution in [0.2, 0.25) is 0 Å². The summed E-state index contributed by atoms with van der Waals surface area (Å²) < 4.78 is 10.8. The van der Waals surface area contributed by atoms with Crippen LogP contribution in [0.15, 0.2) is 17.1 Å². The summed E-state index contributed by atoms with van der Waals surface area (Å²) in [4.78, 5) is 6.77. The third-order valence-corrected chi connectivity index (χ3v) is 5.00. The molecular weight excluding hydrogens is 330 g/mol. The van der Waals surface area contributed by atoms with Crippen molar-refractivity contribution in [1.82, 2.24) is 10.2 Å². The zero-order chi connectivity index (χ0) is 19.2. The number of aliphatic imine (C=N–C) groups is 1. The van der Waals surface area contributed by atoms with E-state index in [2.05, 4.69) is 24.1 Å². The van der Waals surface area contributed by atoms with Crippen LogP contribution in [0.1, 0.15) is 43.7 Å². The summed E-state index contributed by atoms with van der Waals surface area (Å²) in [6.45, 7) is 6.04. The second-order valence-electron chi connectivity index (χ2n) is 7.09. The molecular formula is C20H33N3O3. The molecule has 1 saturated carbocycles. The van der Waals surface area contributed by atoms with Crippen molar-refractivity contribution in [1.29, 1.82) is 0 Å². The summed E-state index contributed by atoms with van der Waals surface area (Å²) in [7, 11) is 5.30. The number of hydrogen-bond acceptors (Lipinski definition) is 4. The van der Waals surface area contributed by atoms with Crippen LogP contribution < -0.4 is 14.8 Å². The minimum Gasteiger partial charge on any atom is -0.493 e. The number of aryl methyl sites for hydroxylation is 1. The topological polar surface area (TPSA) is 66.3 Å². The van der Waals surface area contributed by atoms with Crippen LogP contribution in [0.25, 0.3) is 0 Å². The average molecular weight is 364 g/mol. The van der Waals surface area contributed by atoms with Gasteiger partial charge < -0.3 is 24.8 Å². The van der Waals surface area contributed by atoms with Crippen molar-refractivity contribution in [3.63, 3.8) is 0 Å². The van der Waals surface area contributed by atoms with E-state index in [1.54, 1.807) is 14.2 Å². The number of nitrogens with one attached hydrogen (secondary N) is 1. The Morgan fingerprint density at radius 1 is 1.23 bits per heavy atom. The van der Waals surface area contributed by atoms with Crippen LogP contribution in [0.5, 0.6) is 11.5 Å². The number of aliphatic hydroxyl groups is 1. The summed E-state index contributed by atoms with van der Waals surface area (Å²) >= 11 is 0. The summed E-state index contributed by atoms with van der Waals surface area (Å²) in [6, 6.07) is 4.01. The zero-order valence-corrected chi connectivity index (χ0v) is 16.8. The normalized spacial score (nSPS) is 16.5. The number of benzene rings is 1. The molecule has 146 valence electrons. The van der Waals surface area contributed by atoms with E-state index in [0.717, 1.165) is 60.8 Å². The molecule has 6 nitrogen and oxygen atoms in total. The Kier molecular flexibility index (Phi) is 7.14. The van der Waals surface area contributed by atoms with E-state index >= 15 is 0 Å². The molecule has 1 aliphatic carbocycles. The zero-order valence-electron chi connectivity index (χ0n) is 16.8. The molecule has 0 heterocycles. The molecule has 1 aromatic rings. The van der Waals surface area contributed by atoms with Gasteiger partial charge in [-0.05, 0) is 49.9 Å². The Bertz CT molecular complexity index is 625. The van der Waals surface area contributed by atoms with E-state index in [1.165, 1.54) is 0 Å². The highest BCUT2D eigenvalue weighted by molar-refractivity contribution is 5.79. The van der Waals surface area contributed by atoms with Gasteiger partial charge in [-0.2, -0.15) is 0 Å². The van der Waals surface area contributed by atoms with Crippen molar-refractivity contribution in [2.45, 2.75) is 51.7 Å². The number of ether oxygens (including phenoxy) is 2. The van der Waals surface area contributed by atoms with Gasteiger partial charge in [0.05, 0.1) is 26.4 Å². The SMILES string of the molecule is CCNC(=NCC1(O)CCCC1)N(C)Cc1cc(OC)c(OC)cc1C. The number of methoxy groups -OCH3 is 2. The highest BCUT2D eigenvalue weighted by atomic mass is 16.5. The first-order valence-electron chi connectivity index (χ1n) is 9.35. The van der Waals surface area contributed by atoms with Gasteiger partial charge in [0.15, 0.2) is 17.5 Å². The van der Waals surface area contributed by atoms with Crippen molar-refractivity contribution in [3.8, 4) is 11.5 Å². The van der Waals surface area contributed by atoms with Gasteiger partial charge in [0.25, 0.3) is 0 Å². The standard InChI is InChI=1S/C20H33N3O3/c1-6-21-19(22-14-20(24)9-7-8-10-20)23(3)13-16-12-18(26-5)17(25-4)11-15(16)2/h11-12,24H,6-10,13-14H2,1-5H3,(H,21,22). The van der Waals surface area contributed by atoms with Gasteiger partial charge >= 0.3 is 0 Å². The van der Waals surface area contributed by atoms with Crippen LogP contribution in [-0.2, 0) is 6.54 Å². The molecule has 1 aliphatic rings. The molecule has 0 radical (unpaired) electrons. The lowest BCUT2D eigenvalue weighted by atomic mass is 10.0. The summed E-state index contributed by atoms with van der Waals surface area (Å²) in [5, 5.41) is 13.9. The van der Waals surface area contributed by atoms with Gasteiger partial charge in [-0.1, -0.05) is 12.8 Å². The van der Waals surface area contributed by atoms with Gasteiger partial charge in [-0.3, -0.25) is 4.99 Å². The Balaban J connectivity index is 2.15. The van der Waals surface area contributed by atoms with Crippen molar-refractivity contribution in [2.24, 2.45) is 4.99 Å². The van der Waals surface area contributed by atoms with Gasteiger partial charge in [0.2, 0.25) is 0 Å². The maximum Gasteiger partial charge on any atom is 0.194 e. The predicted molar refractivity (Wildman–Crippen MR) is 105 cm³/mol. The molecule has 6 heteroatoms. The predicted octanol–water partition coefficient (Wildman–Crippen LogP) is 2.71. The maximum absolute atomic E-state index is 10.6. The van der Waals surface area contributed by atoms with Crippen molar-refractivity contribution < 1.29 is 14.6 Å². The molecule has 2 N–H and O–H groups in total. The summed E-state index contributed by atoms with van der Waals surface area (Å²) in [5.74, 6) is 2.27. The largest absolute Gasteiger partial charge is 0.493 e. The Morgan fingerprint density at radius 2 is 1.85 bits per heavy atom. The van der Waals surface area contributed by atoms with Gasteiger partial charge in [0, 0.05) is 20.1 Å². The van der Waals surface area contributed by atoms with Crippen LogP contribution in [-0.4, -0.2) is 55.9 Å². The lowest BCUT2D eigenvalue weighted by molar-refractivity contribution is 0.0572. The molecule has 0 atom stereocenters. The first kappa shape index (κ1) is 20.4. The van der Waals surface area contributed by atoms with Crippen molar-refractivity contribution in [2.75, 3.05) is 34.4 Å². The molecule has 26 heavy (non-hydrogen) atoms.